The van der Waals surface area contributed by atoms with E-state index < -0.39 is 34.7 Å². The summed E-state index contributed by atoms with van der Waals surface area (Å²) in [5, 5.41) is 36.7. The molecule has 5 aromatic carbocycles. The van der Waals surface area contributed by atoms with Gasteiger partial charge in [-0.15, -0.1) is 0 Å². The van der Waals surface area contributed by atoms with E-state index in [-0.39, 0.29) is 11.1 Å². The van der Waals surface area contributed by atoms with Crippen molar-refractivity contribution in [2.75, 3.05) is 10.2 Å². The summed E-state index contributed by atoms with van der Waals surface area (Å²) in [5.41, 5.74) is 1.31. The number of aromatic nitrogens is 2. The van der Waals surface area contributed by atoms with E-state index in [0.717, 1.165) is 23.3 Å². The molecule has 2 amide bonds. The minimum Gasteiger partial charge on any atom is -0.372 e. The molecular formula is C42H30F2N4O6. The van der Waals surface area contributed by atoms with Crippen molar-refractivity contribution >= 4 is 39.6 Å². The second-order valence-electron chi connectivity index (χ2n) is 13.7. The summed E-state index contributed by atoms with van der Waals surface area (Å²) in [6, 6.07) is 23.5. The number of benzene rings is 5. The molecule has 0 saturated carbocycles. The first-order valence-electron chi connectivity index (χ1n) is 17.1. The lowest BCUT2D eigenvalue weighted by Crippen LogP contribution is -2.39. The fraction of sp³-hybridized carbons (Fsp3) is 0.143. The molecule has 54 heavy (non-hydrogen) atoms. The van der Waals surface area contributed by atoms with Gasteiger partial charge in [-0.05, 0) is 98.1 Å². The quantitative estimate of drug-likeness (QED) is 0.164. The molecule has 2 aliphatic heterocycles. The highest BCUT2D eigenvalue weighted by Gasteiger charge is 2.53. The molecule has 0 fully saturated rings. The van der Waals surface area contributed by atoms with Gasteiger partial charge in [0.05, 0.1) is 17.1 Å². The van der Waals surface area contributed by atoms with Gasteiger partial charge in [-0.25, -0.2) is 8.78 Å². The number of halogens is 2. The van der Waals surface area contributed by atoms with E-state index in [2.05, 4.69) is 15.6 Å². The van der Waals surface area contributed by atoms with Crippen molar-refractivity contribution in [1.82, 2.24) is 10.3 Å². The number of hydrogen-bond acceptors (Lipinski definition) is 8. The van der Waals surface area contributed by atoms with Gasteiger partial charge in [0.2, 0.25) is 0 Å². The molecule has 4 heterocycles. The molecule has 10 nitrogen and oxygen atoms in total. The predicted octanol–water partition coefficient (Wildman–Crippen LogP) is 7.76. The first-order chi connectivity index (χ1) is 25.8. The van der Waals surface area contributed by atoms with E-state index in [4.69, 9.17) is 9.05 Å². The average molecular weight is 725 g/mol. The van der Waals surface area contributed by atoms with E-state index in [1.165, 1.54) is 11.0 Å². The summed E-state index contributed by atoms with van der Waals surface area (Å²) in [7, 11) is 0. The van der Waals surface area contributed by atoms with E-state index in [0.29, 0.717) is 73.0 Å². The van der Waals surface area contributed by atoms with Crippen molar-refractivity contribution in [2.45, 2.75) is 38.9 Å². The first kappa shape index (κ1) is 33.3. The van der Waals surface area contributed by atoms with Crippen LogP contribution in [0.4, 0.5) is 25.8 Å². The lowest BCUT2D eigenvalue weighted by atomic mass is 9.83. The molecule has 0 spiro atoms. The number of rotatable bonds is 5. The van der Waals surface area contributed by atoms with Crippen LogP contribution in [0.15, 0.2) is 100 Å². The van der Waals surface area contributed by atoms with E-state index in [1.54, 1.807) is 87.5 Å². The van der Waals surface area contributed by atoms with Crippen LogP contribution in [-0.2, 0) is 20.8 Å². The summed E-state index contributed by atoms with van der Waals surface area (Å²) in [5.74, 6) is -2.66. The number of hydrogen-bond donors (Lipinski definition) is 3. The summed E-state index contributed by atoms with van der Waals surface area (Å²) in [6.45, 7) is 7.12. The van der Waals surface area contributed by atoms with Crippen molar-refractivity contribution in [2.24, 2.45) is 0 Å². The van der Waals surface area contributed by atoms with Crippen LogP contribution >= 0.6 is 0 Å². The predicted molar refractivity (Wildman–Crippen MR) is 195 cm³/mol. The Morgan fingerprint density at radius 1 is 0.685 bits per heavy atom. The monoisotopic (exact) mass is 724 g/mol. The molecule has 0 radical (unpaired) electrons. The number of anilines is 3. The topological polar surface area (TPSA) is 142 Å². The Hall–Kier alpha value is -6.50. The lowest BCUT2D eigenvalue weighted by molar-refractivity contribution is -0.131. The Balaban J connectivity index is 1.19. The number of aliphatic hydroxyl groups is 2. The van der Waals surface area contributed by atoms with Crippen LogP contribution in [0.25, 0.3) is 33.0 Å². The zero-order chi connectivity index (χ0) is 37.8. The van der Waals surface area contributed by atoms with Gasteiger partial charge in [0.25, 0.3) is 11.8 Å². The molecule has 12 heteroatoms. The lowest BCUT2D eigenvalue weighted by Gasteiger charge is -2.25. The van der Waals surface area contributed by atoms with Crippen LogP contribution in [0, 0.1) is 39.3 Å². The van der Waals surface area contributed by atoms with Gasteiger partial charge in [-0.2, -0.15) is 0 Å². The minimum absolute atomic E-state index is 0.146. The fourth-order valence-electron chi connectivity index (χ4n) is 8.05. The third-order valence-electron chi connectivity index (χ3n) is 10.6. The maximum absolute atomic E-state index is 14.7. The third kappa shape index (κ3) is 4.50. The molecule has 9 rings (SSSR count). The fourth-order valence-corrected chi connectivity index (χ4v) is 8.05. The number of nitrogens with one attached hydrogen (secondary N) is 1. The second-order valence-corrected chi connectivity index (χ2v) is 13.7. The van der Waals surface area contributed by atoms with Gasteiger partial charge in [-0.3, -0.25) is 14.5 Å². The van der Waals surface area contributed by atoms with Crippen molar-refractivity contribution in [3.05, 3.63) is 148 Å². The van der Waals surface area contributed by atoms with E-state index >= 15 is 0 Å². The molecule has 268 valence electrons. The molecule has 7 aromatic rings. The van der Waals surface area contributed by atoms with Gasteiger partial charge in [-0.1, -0.05) is 52.8 Å². The first-order valence-corrected chi connectivity index (χ1v) is 17.1. The zero-order valence-corrected chi connectivity index (χ0v) is 29.3. The van der Waals surface area contributed by atoms with E-state index in [9.17, 15) is 28.6 Å². The Labute approximate surface area is 306 Å². The molecule has 2 aromatic heterocycles. The molecule has 0 bridgehead atoms. The standard InChI is InChI=1S/C42H30F2N4O6/c1-20-37(22(3)53-46-20)25-8-14-35-31(17-25)42(52,39(49)45-35)30-7-5-6-24-16-28(11-12-29(24)30)48-36-15-9-26(38-21(2)47-54-23(38)4)18-32(36)41(51,40(48)50)27-10-13-33(43)34(44)19-27/h5-19,51-52H,1-4H3,(H,45,49). The Bertz CT molecular complexity index is 2730. The number of carbonyl (C=O) groups is 2. The Morgan fingerprint density at radius 2 is 1.35 bits per heavy atom. The number of fused-ring (bicyclic) bond motifs is 3. The van der Waals surface area contributed by atoms with Crippen LogP contribution < -0.4 is 10.2 Å². The van der Waals surface area contributed by atoms with Crippen molar-refractivity contribution in [3.63, 3.8) is 0 Å². The molecule has 0 saturated heterocycles. The molecule has 2 atom stereocenters. The van der Waals surface area contributed by atoms with Crippen LogP contribution in [0.5, 0.6) is 0 Å². The van der Waals surface area contributed by atoms with Crippen molar-refractivity contribution in [3.8, 4) is 22.3 Å². The number of amides is 2. The highest BCUT2D eigenvalue weighted by molar-refractivity contribution is 6.15. The Kier molecular flexibility index (Phi) is 7.10. The molecule has 3 N–H and O–H groups in total. The number of carbonyl (C=O) groups excluding carboxylic acids is 2. The van der Waals surface area contributed by atoms with Gasteiger partial charge in [0.15, 0.2) is 22.8 Å². The molecule has 0 aliphatic carbocycles. The minimum atomic E-state index is -2.41. The van der Waals surface area contributed by atoms with Crippen LogP contribution in [0.3, 0.4) is 0 Å². The summed E-state index contributed by atoms with van der Waals surface area (Å²) in [6.07, 6.45) is 0. The maximum atomic E-state index is 14.7. The van der Waals surface area contributed by atoms with Crippen LogP contribution in [-0.4, -0.2) is 32.3 Å². The molecular weight excluding hydrogens is 694 g/mol. The third-order valence-corrected chi connectivity index (χ3v) is 10.6. The largest absolute Gasteiger partial charge is 0.372 e. The van der Waals surface area contributed by atoms with Crippen LogP contribution in [0.1, 0.15) is 45.2 Å². The van der Waals surface area contributed by atoms with Crippen molar-refractivity contribution < 1.29 is 37.6 Å². The molecule has 2 unspecified atom stereocenters. The number of aryl methyl sites for hydroxylation is 4. The van der Waals surface area contributed by atoms with Gasteiger partial charge < -0.3 is 24.6 Å². The maximum Gasteiger partial charge on any atom is 0.273 e. The zero-order valence-electron chi connectivity index (χ0n) is 29.3. The highest BCUT2D eigenvalue weighted by atomic mass is 19.2. The SMILES string of the molecule is Cc1noc(C)c1-c1ccc2c(c1)C(O)(c1cccc3cc(N4C(=O)C(O)(c5ccc(F)c(F)c5)c5cc(-c6c(C)noc6C)ccc54)ccc13)C(=O)N2. The molecule has 2 aliphatic rings. The summed E-state index contributed by atoms with van der Waals surface area (Å²) >= 11 is 0. The number of nitrogens with zero attached hydrogens (tertiary/aromatic N) is 3. The Morgan fingerprint density at radius 3 is 2.00 bits per heavy atom. The average Bonchev–Trinajstić information content (AvgIpc) is 3.83. The second kappa shape index (κ2) is 11.5. The van der Waals surface area contributed by atoms with Crippen LogP contribution in [0.2, 0.25) is 0 Å². The van der Waals surface area contributed by atoms with Gasteiger partial charge >= 0.3 is 0 Å². The highest BCUT2D eigenvalue weighted by Crippen LogP contribution is 2.51. The van der Waals surface area contributed by atoms with Gasteiger partial charge in [0, 0.05) is 44.8 Å². The summed E-state index contributed by atoms with van der Waals surface area (Å²) in [4.78, 5) is 29.5. The smallest absolute Gasteiger partial charge is 0.273 e. The van der Waals surface area contributed by atoms with E-state index in [1.807, 2.05) is 13.0 Å². The summed E-state index contributed by atoms with van der Waals surface area (Å²) < 4.78 is 39.5. The van der Waals surface area contributed by atoms with Gasteiger partial charge in [0.1, 0.15) is 11.5 Å². The van der Waals surface area contributed by atoms with Crippen molar-refractivity contribution in [1.29, 1.82) is 0 Å². The normalized spacial score (nSPS) is 19.1.